The maximum atomic E-state index is 11.6. The van der Waals surface area contributed by atoms with Crippen LogP contribution in [0.4, 0.5) is 5.69 Å². The first-order valence-corrected chi connectivity index (χ1v) is 5.52. The maximum absolute atomic E-state index is 11.6. The van der Waals surface area contributed by atoms with Crippen LogP contribution < -0.4 is 5.43 Å². The Hall–Kier alpha value is -3.16. The zero-order valence-corrected chi connectivity index (χ0v) is 10.1. The van der Waals surface area contributed by atoms with Crippen LogP contribution >= 0.6 is 0 Å². The first-order valence-electron chi connectivity index (χ1n) is 5.52. The number of nitrogens with one attached hydrogen (secondary N) is 1. The molecule has 1 N–H and O–H groups in total. The molecule has 0 atom stereocenters. The smallest absolute Gasteiger partial charge is 0.266 e. The summed E-state index contributed by atoms with van der Waals surface area (Å²) in [6.07, 6.45) is 3.99. The summed E-state index contributed by atoms with van der Waals surface area (Å²) in [6.45, 7) is 0. The molecule has 0 aliphatic heterocycles. The Kier molecular flexibility index (Phi) is 4.07. The fourth-order valence-electron chi connectivity index (χ4n) is 1.30. The average molecular weight is 271 g/mol. The molecule has 0 saturated heterocycles. The molecular weight excluding hydrogens is 262 g/mol. The van der Waals surface area contributed by atoms with E-state index in [0.717, 1.165) is 6.20 Å². The molecule has 2 aromatic heterocycles. The molecule has 0 radical (unpaired) electrons. The Balaban J connectivity index is 1.98. The van der Waals surface area contributed by atoms with Gasteiger partial charge in [0.05, 0.1) is 16.8 Å². The van der Waals surface area contributed by atoms with Crippen LogP contribution in [0.1, 0.15) is 16.2 Å². The zero-order chi connectivity index (χ0) is 14.4. The molecule has 0 unspecified atom stereocenters. The fraction of sp³-hybridized carbons (Fsp3) is 0. The number of carbonyl (C=O) groups is 1. The molecule has 20 heavy (non-hydrogen) atoms. The standard InChI is InChI=1S/C12H9N5O3/c18-12(11-5-4-10(8-14-11)17(19)20)16-15-7-9-3-1-2-6-13-9/h1-8H,(H,16,18)/b15-7+. The molecule has 0 fully saturated rings. The lowest BCUT2D eigenvalue weighted by atomic mass is 10.3. The third-order valence-electron chi connectivity index (χ3n) is 2.24. The first-order chi connectivity index (χ1) is 9.66. The van der Waals surface area contributed by atoms with Crippen molar-refractivity contribution in [2.24, 2.45) is 5.10 Å². The average Bonchev–Trinajstić information content (AvgIpc) is 2.48. The van der Waals surface area contributed by atoms with Gasteiger partial charge in [-0.05, 0) is 18.2 Å². The number of rotatable bonds is 4. The van der Waals surface area contributed by atoms with Gasteiger partial charge in [0.1, 0.15) is 11.9 Å². The van der Waals surface area contributed by atoms with E-state index in [1.54, 1.807) is 24.4 Å². The molecule has 0 aromatic carbocycles. The minimum absolute atomic E-state index is 0.0359. The number of amides is 1. The Morgan fingerprint density at radius 2 is 2.15 bits per heavy atom. The molecule has 0 bridgehead atoms. The molecule has 100 valence electrons. The van der Waals surface area contributed by atoms with Crippen LogP contribution in [0, 0.1) is 10.1 Å². The van der Waals surface area contributed by atoms with E-state index in [9.17, 15) is 14.9 Å². The lowest BCUT2D eigenvalue weighted by molar-refractivity contribution is -0.385. The molecule has 2 aromatic rings. The van der Waals surface area contributed by atoms with Gasteiger partial charge in [-0.3, -0.25) is 19.9 Å². The van der Waals surface area contributed by atoms with Crippen LogP contribution in [0.15, 0.2) is 47.8 Å². The van der Waals surface area contributed by atoms with Crippen LogP contribution in [0.3, 0.4) is 0 Å². The van der Waals surface area contributed by atoms with Crippen molar-refractivity contribution in [3.63, 3.8) is 0 Å². The summed E-state index contributed by atoms with van der Waals surface area (Å²) >= 11 is 0. The molecule has 2 rings (SSSR count). The van der Waals surface area contributed by atoms with E-state index in [1.807, 2.05) is 0 Å². The molecule has 2 heterocycles. The number of nitro groups is 1. The maximum Gasteiger partial charge on any atom is 0.289 e. The summed E-state index contributed by atoms with van der Waals surface area (Å²) < 4.78 is 0. The number of pyridine rings is 2. The lowest BCUT2D eigenvalue weighted by Crippen LogP contribution is -2.19. The van der Waals surface area contributed by atoms with Crippen LogP contribution in [-0.4, -0.2) is 27.0 Å². The number of nitrogens with zero attached hydrogens (tertiary/aromatic N) is 4. The number of carbonyl (C=O) groups excluding carboxylic acids is 1. The zero-order valence-electron chi connectivity index (χ0n) is 10.1. The normalized spacial score (nSPS) is 10.4. The summed E-state index contributed by atoms with van der Waals surface area (Å²) in [6, 6.07) is 7.72. The van der Waals surface area contributed by atoms with Crippen LogP contribution in [0.25, 0.3) is 0 Å². The van der Waals surface area contributed by atoms with Crippen molar-refractivity contribution in [2.45, 2.75) is 0 Å². The Labute approximate surface area is 113 Å². The predicted octanol–water partition coefficient (Wildman–Crippen LogP) is 1.15. The van der Waals surface area contributed by atoms with Crippen LogP contribution in [0.5, 0.6) is 0 Å². The van der Waals surface area contributed by atoms with E-state index in [4.69, 9.17) is 0 Å². The molecular formula is C12H9N5O3. The summed E-state index contributed by atoms with van der Waals surface area (Å²) in [4.78, 5) is 29.2. The lowest BCUT2D eigenvalue weighted by Gasteiger charge is -1.98. The molecule has 0 aliphatic carbocycles. The third kappa shape index (κ3) is 3.42. The highest BCUT2D eigenvalue weighted by molar-refractivity contribution is 5.93. The summed E-state index contributed by atoms with van der Waals surface area (Å²) in [7, 11) is 0. The van der Waals surface area contributed by atoms with E-state index >= 15 is 0 Å². The highest BCUT2D eigenvalue weighted by Crippen LogP contribution is 2.08. The van der Waals surface area contributed by atoms with Gasteiger partial charge in [-0.25, -0.2) is 10.4 Å². The molecule has 0 aliphatic rings. The van der Waals surface area contributed by atoms with Gasteiger partial charge in [0, 0.05) is 12.3 Å². The second-order valence-electron chi connectivity index (χ2n) is 3.61. The summed E-state index contributed by atoms with van der Waals surface area (Å²) in [5.74, 6) is -0.563. The molecule has 8 heteroatoms. The highest BCUT2D eigenvalue weighted by Gasteiger charge is 2.09. The van der Waals surface area contributed by atoms with E-state index in [-0.39, 0.29) is 11.4 Å². The largest absolute Gasteiger partial charge is 0.289 e. The van der Waals surface area contributed by atoms with Gasteiger partial charge < -0.3 is 0 Å². The van der Waals surface area contributed by atoms with E-state index < -0.39 is 10.8 Å². The molecule has 0 saturated carbocycles. The van der Waals surface area contributed by atoms with Gasteiger partial charge in [0.2, 0.25) is 0 Å². The quantitative estimate of drug-likeness (QED) is 0.509. The number of aromatic nitrogens is 2. The van der Waals surface area contributed by atoms with Crippen LogP contribution in [0.2, 0.25) is 0 Å². The van der Waals surface area contributed by atoms with Crippen molar-refractivity contribution in [1.29, 1.82) is 0 Å². The van der Waals surface area contributed by atoms with E-state index in [0.29, 0.717) is 5.69 Å². The van der Waals surface area contributed by atoms with Crippen molar-refractivity contribution in [2.75, 3.05) is 0 Å². The Morgan fingerprint density at radius 3 is 2.75 bits per heavy atom. The number of hydrazone groups is 1. The second-order valence-corrected chi connectivity index (χ2v) is 3.61. The third-order valence-corrected chi connectivity index (χ3v) is 2.24. The SMILES string of the molecule is O=C(N/N=C/c1ccccn1)c1ccc([N+](=O)[O-])cn1. The first kappa shape index (κ1) is 13.3. The topological polar surface area (TPSA) is 110 Å². The monoisotopic (exact) mass is 271 g/mol. The minimum Gasteiger partial charge on any atom is -0.266 e. The van der Waals surface area contributed by atoms with Gasteiger partial charge in [-0.1, -0.05) is 6.07 Å². The molecule has 0 spiro atoms. The fourth-order valence-corrected chi connectivity index (χ4v) is 1.30. The van der Waals surface area contributed by atoms with E-state index in [1.165, 1.54) is 18.3 Å². The van der Waals surface area contributed by atoms with Crippen molar-refractivity contribution in [1.82, 2.24) is 15.4 Å². The Bertz CT molecular complexity index is 640. The van der Waals surface area contributed by atoms with E-state index in [2.05, 4.69) is 20.5 Å². The molecule has 8 nitrogen and oxygen atoms in total. The van der Waals surface area contributed by atoms with Gasteiger partial charge >= 0.3 is 0 Å². The van der Waals surface area contributed by atoms with Gasteiger partial charge in [-0.15, -0.1) is 0 Å². The second kappa shape index (κ2) is 6.14. The van der Waals surface area contributed by atoms with Crippen molar-refractivity contribution in [3.05, 3.63) is 64.2 Å². The van der Waals surface area contributed by atoms with Gasteiger partial charge in [0.15, 0.2) is 0 Å². The van der Waals surface area contributed by atoms with Crippen molar-refractivity contribution >= 4 is 17.8 Å². The molecule has 1 amide bonds. The summed E-state index contributed by atoms with van der Waals surface area (Å²) in [5.41, 5.74) is 2.70. The predicted molar refractivity (Wildman–Crippen MR) is 70.2 cm³/mol. The Morgan fingerprint density at radius 1 is 1.30 bits per heavy atom. The van der Waals surface area contributed by atoms with Crippen molar-refractivity contribution in [3.8, 4) is 0 Å². The number of hydrogen-bond acceptors (Lipinski definition) is 6. The van der Waals surface area contributed by atoms with Gasteiger partial charge in [-0.2, -0.15) is 5.10 Å². The van der Waals surface area contributed by atoms with Gasteiger partial charge in [0.25, 0.3) is 11.6 Å². The van der Waals surface area contributed by atoms with Crippen LogP contribution in [-0.2, 0) is 0 Å². The highest BCUT2D eigenvalue weighted by atomic mass is 16.6. The number of hydrogen-bond donors (Lipinski definition) is 1. The minimum atomic E-state index is -0.589. The summed E-state index contributed by atoms with van der Waals surface area (Å²) in [5, 5.41) is 14.2. The van der Waals surface area contributed by atoms with Crippen molar-refractivity contribution < 1.29 is 9.72 Å².